The number of carbonyl (C=O) groups excluding carboxylic acids is 2. The molecule has 2 amide bonds. The molecule has 1 saturated carbocycles. The Kier molecular flexibility index (Phi) is 3.35. The molecule has 1 aliphatic carbocycles. The van der Waals surface area contributed by atoms with Gasteiger partial charge in [0.15, 0.2) is 9.84 Å². The summed E-state index contributed by atoms with van der Waals surface area (Å²) in [4.78, 5) is 26.5. The maximum atomic E-state index is 11.9. The highest BCUT2D eigenvalue weighted by molar-refractivity contribution is 7.92. The van der Waals surface area contributed by atoms with Crippen LogP contribution in [0.4, 0.5) is 0 Å². The summed E-state index contributed by atoms with van der Waals surface area (Å²) in [6.45, 7) is 3.36. The Hall–Kier alpha value is -1.11. The normalized spacial score (nSPS) is 20.9. The van der Waals surface area contributed by atoms with Gasteiger partial charge in [0.05, 0.1) is 11.9 Å². The van der Waals surface area contributed by atoms with Crippen molar-refractivity contribution in [2.24, 2.45) is 0 Å². The Balaban J connectivity index is 1.97. The van der Waals surface area contributed by atoms with Crippen LogP contribution in [0.5, 0.6) is 0 Å². The molecule has 0 unspecified atom stereocenters. The summed E-state index contributed by atoms with van der Waals surface area (Å²) < 4.78 is 23.3. The molecule has 6 nitrogen and oxygen atoms in total. The minimum Gasteiger partial charge on any atom is -0.320 e. The molecule has 1 heterocycles. The van der Waals surface area contributed by atoms with Gasteiger partial charge in [-0.25, -0.2) is 8.42 Å². The first kappa shape index (κ1) is 13.3. The minimum atomic E-state index is -3.40. The van der Waals surface area contributed by atoms with Gasteiger partial charge >= 0.3 is 0 Å². The van der Waals surface area contributed by atoms with Gasteiger partial charge in [0.1, 0.15) is 12.3 Å². The minimum absolute atomic E-state index is 0.0168. The number of hydrogen-bond acceptors (Lipinski definition) is 4. The Morgan fingerprint density at radius 3 is 2.50 bits per heavy atom. The summed E-state index contributed by atoms with van der Waals surface area (Å²) in [5.74, 6) is -1.05. The molecule has 18 heavy (non-hydrogen) atoms. The molecule has 2 aliphatic rings. The fourth-order valence-electron chi connectivity index (χ4n) is 1.87. The predicted molar refractivity (Wildman–Crippen MR) is 65.4 cm³/mol. The lowest BCUT2D eigenvalue weighted by Gasteiger charge is -2.18. The van der Waals surface area contributed by atoms with Gasteiger partial charge < -0.3 is 9.80 Å². The van der Waals surface area contributed by atoms with Crippen LogP contribution in [-0.4, -0.2) is 60.3 Å². The molecule has 0 radical (unpaired) electrons. The van der Waals surface area contributed by atoms with E-state index in [-0.39, 0.29) is 25.2 Å². The van der Waals surface area contributed by atoms with Crippen LogP contribution in [0, 0.1) is 0 Å². The lowest BCUT2D eigenvalue weighted by molar-refractivity contribution is -0.129. The fourth-order valence-corrected chi connectivity index (χ4v) is 2.73. The van der Waals surface area contributed by atoms with Gasteiger partial charge in [-0.05, 0) is 26.7 Å². The second-order valence-electron chi connectivity index (χ2n) is 5.18. The van der Waals surface area contributed by atoms with E-state index in [2.05, 4.69) is 0 Å². The van der Waals surface area contributed by atoms with Gasteiger partial charge in [0, 0.05) is 6.04 Å². The molecule has 7 heteroatoms. The zero-order chi connectivity index (χ0) is 13.5. The van der Waals surface area contributed by atoms with E-state index in [4.69, 9.17) is 0 Å². The summed E-state index contributed by atoms with van der Waals surface area (Å²) >= 11 is 0. The van der Waals surface area contributed by atoms with E-state index < -0.39 is 26.7 Å². The summed E-state index contributed by atoms with van der Waals surface area (Å²) in [7, 11) is -3.40. The standard InChI is InChI=1S/C11H18N2O4S/c1-8(2)18(16,17)6-11(15)12-5-10(14)13(7-12)9-3-4-9/h8-9H,3-7H2,1-2H3. The number of nitrogens with zero attached hydrogens (tertiary/aromatic N) is 2. The smallest absolute Gasteiger partial charge is 0.243 e. The number of carbonyl (C=O) groups is 2. The maximum Gasteiger partial charge on any atom is 0.243 e. The van der Waals surface area contributed by atoms with E-state index in [0.717, 1.165) is 12.8 Å². The van der Waals surface area contributed by atoms with E-state index in [1.165, 1.54) is 4.90 Å². The van der Waals surface area contributed by atoms with Crippen molar-refractivity contribution in [3.05, 3.63) is 0 Å². The quantitative estimate of drug-likeness (QED) is 0.699. The van der Waals surface area contributed by atoms with Crippen molar-refractivity contribution >= 4 is 21.7 Å². The highest BCUT2D eigenvalue weighted by atomic mass is 32.2. The number of hydrogen-bond donors (Lipinski definition) is 0. The molecule has 2 rings (SSSR count). The summed E-state index contributed by atoms with van der Waals surface area (Å²) in [6, 6.07) is 0.261. The average molecular weight is 274 g/mol. The zero-order valence-electron chi connectivity index (χ0n) is 10.6. The van der Waals surface area contributed by atoms with Crippen molar-refractivity contribution in [3.8, 4) is 0 Å². The van der Waals surface area contributed by atoms with E-state index in [1.807, 2.05) is 0 Å². The van der Waals surface area contributed by atoms with Crippen molar-refractivity contribution in [3.63, 3.8) is 0 Å². The Morgan fingerprint density at radius 1 is 1.39 bits per heavy atom. The number of amides is 2. The highest BCUT2D eigenvalue weighted by Gasteiger charge is 2.40. The summed E-state index contributed by atoms with van der Waals surface area (Å²) in [5.41, 5.74) is 0. The van der Waals surface area contributed by atoms with Crippen LogP contribution in [0.25, 0.3) is 0 Å². The Labute approximate surface area is 107 Å². The van der Waals surface area contributed by atoms with Crippen LogP contribution in [-0.2, 0) is 19.4 Å². The average Bonchev–Trinajstić information content (AvgIpc) is 3.01. The van der Waals surface area contributed by atoms with Gasteiger partial charge in [-0.15, -0.1) is 0 Å². The molecule has 0 atom stereocenters. The van der Waals surface area contributed by atoms with Gasteiger partial charge in [0.2, 0.25) is 11.8 Å². The van der Waals surface area contributed by atoms with Crippen molar-refractivity contribution in [2.45, 2.75) is 38.0 Å². The molecule has 1 aliphatic heterocycles. The van der Waals surface area contributed by atoms with E-state index in [0.29, 0.717) is 0 Å². The predicted octanol–water partition coefficient (Wildman–Crippen LogP) is -0.400. The molecule has 2 fully saturated rings. The third-order valence-electron chi connectivity index (χ3n) is 3.35. The fraction of sp³-hybridized carbons (Fsp3) is 0.818. The van der Waals surface area contributed by atoms with Crippen LogP contribution in [0.2, 0.25) is 0 Å². The lowest BCUT2D eigenvalue weighted by atomic mass is 10.5. The van der Waals surface area contributed by atoms with E-state index in [1.54, 1.807) is 18.7 Å². The number of sulfone groups is 1. The van der Waals surface area contributed by atoms with Gasteiger partial charge in [-0.3, -0.25) is 9.59 Å². The molecule has 0 N–H and O–H groups in total. The number of rotatable bonds is 4. The first-order valence-corrected chi connectivity index (χ1v) is 7.81. The van der Waals surface area contributed by atoms with Gasteiger partial charge in [-0.2, -0.15) is 0 Å². The van der Waals surface area contributed by atoms with Crippen LogP contribution >= 0.6 is 0 Å². The highest BCUT2D eigenvalue weighted by Crippen LogP contribution is 2.29. The molecular formula is C11H18N2O4S. The molecule has 0 aromatic heterocycles. The SMILES string of the molecule is CC(C)S(=O)(=O)CC(=O)N1CC(=O)N(C2CC2)C1. The topological polar surface area (TPSA) is 74.8 Å². The maximum absolute atomic E-state index is 11.9. The molecule has 0 spiro atoms. The first-order chi connectivity index (χ1) is 8.31. The second-order valence-corrected chi connectivity index (χ2v) is 7.74. The monoisotopic (exact) mass is 274 g/mol. The van der Waals surface area contributed by atoms with Crippen molar-refractivity contribution in [1.82, 2.24) is 9.80 Å². The molecule has 0 aromatic carbocycles. The summed E-state index contributed by atoms with van der Waals surface area (Å²) in [6.07, 6.45) is 1.97. The summed E-state index contributed by atoms with van der Waals surface area (Å²) in [5, 5.41) is -0.570. The molecular weight excluding hydrogens is 256 g/mol. The van der Waals surface area contributed by atoms with Gasteiger partial charge in [-0.1, -0.05) is 0 Å². The third-order valence-corrected chi connectivity index (χ3v) is 5.44. The Morgan fingerprint density at radius 2 is 2.00 bits per heavy atom. The molecule has 102 valence electrons. The van der Waals surface area contributed by atoms with Crippen molar-refractivity contribution < 1.29 is 18.0 Å². The molecule has 0 bridgehead atoms. The lowest BCUT2D eigenvalue weighted by Crippen LogP contribution is -2.37. The van der Waals surface area contributed by atoms with Crippen LogP contribution in [0.3, 0.4) is 0 Å². The van der Waals surface area contributed by atoms with E-state index in [9.17, 15) is 18.0 Å². The van der Waals surface area contributed by atoms with E-state index >= 15 is 0 Å². The second kappa shape index (κ2) is 4.53. The van der Waals surface area contributed by atoms with Crippen LogP contribution in [0.15, 0.2) is 0 Å². The van der Waals surface area contributed by atoms with Crippen molar-refractivity contribution in [1.29, 1.82) is 0 Å². The Bertz CT molecular complexity index is 467. The largest absolute Gasteiger partial charge is 0.320 e. The van der Waals surface area contributed by atoms with Crippen LogP contribution in [0.1, 0.15) is 26.7 Å². The molecule has 0 aromatic rings. The first-order valence-electron chi connectivity index (χ1n) is 6.10. The van der Waals surface area contributed by atoms with Crippen LogP contribution < -0.4 is 0 Å². The van der Waals surface area contributed by atoms with Gasteiger partial charge in [0.25, 0.3) is 0 Å². The van der Waals surface area contributed by atoms with Crippen molar-refractivity contribution in [2.75, 3.05) is 19.0 Å². The third kappa shape index (κ3) is 2.66. The zero-order valence-corrected chi connectivity index (χ0v) is 11.4. The molecule has 1 saturated heterocycles.